The smallest absolute Gasteiger partial charge is 0.408 e. The summed E-state index contributed by atoms with van der Waals surface area (Å²) in [4.78, 5) is 11.9. The Kier molecular flexibility index (Phi) is 5.82. The van der Waals surface area contributed by atoms with E-state index in [1.54, 1.807) is 0 Å². The monoisotopic (exact) mass is 352 g/mol. The number of hydrogen-bond acceptors (Lipinski definition) is 3. The van der Waals surface area contributed by atoms with Crippen LogP contribution in [0.2, 0.25) is 5.02 Å². The number of carbonyl (C=O) groups excluding carboxylic acids is 1. The van der Waals surface area contributed by atoms with Crippen LogP contribution in [0.25, 0.3) is 0 Å². The van der Waals surface area contributed by atoms with Crippen LogP contribution in [0.5, 0.6) is 0 Å². The Labute approximate surface area is 150 Å². The molecule has 5 heteroatoms. The highest BCUT2D eigenvalue weighted by Gasteiger charge is 2.33. The van der Waals surface area contributed by atoms with Crippen molar-refractivity contribution in [3.05, 3.63) is 34.9 Å². The quantitative estimate of drug-likeness (QED) is 0.821. The van der Waals surface area contributed by atoms with Crippen molar-refractivity contribution in [3.8, 4) is 0 Å². The summed E-state index contributed by atoms with van der Waals surface area (Å²) < 4.78 is 5.32. The van der Waals surface area contributed by atoms with E-state index in [2.05, 4.69) is 16.7 Å². The van der Waals surface area contributed by atoms with Gasteiger partial charge in [0.25, 0.3) is 0 Å². The minimum atomic E-state index is -0.482. The minimum Gasteiger partial charge on any atom is -0.444 e. The van der Waals surface area contributed by atoms with Crippen LogP contribution in [-0.2, 0) is 4.74 Å². The maximum Gasteiger partial charge on any atom is 0.408 e. The second-order valence-electron chi connectivity index (χ2n) is 8.28. The first kappa shape index (κ1) is 19.1. The zero-order valence-corrected chi connectivity index (χ0v) is 16.0. The summed E-state index contributed by atoms with van der Waals surface area (Å²) >= 11 is 6.26. The Bertz CT molecular complexity index is 575. The van der Waals surface area contributed by atoms with Crippen molar-refractivity contribution in [2.75, 3.05) is 6.54 Å². The molecule has 1 aliphatic carbocycles. The molecule has 24 heavy (non-hydrogen) atoms. The first-order valence-electron chi connectivity index (χ1n) is 8.55. The number of alkyl carbamates (subject to hydrolysis) is 1. The van der Waals surface area contributed by atoms with E-state index in [-0.39, 0.29) is 11.6 Å². The fourth-order valence-corrected chi connectivity index (χ4v) is 3.16. The maximum atomic E-state index is 11.9. The maximum absolute atomic E-state index is 11.9. The predicted octanol–water partition coefficient (Wildman–Crippen LogP) is 4.48. The minimum absolute atomic E-state index is 0.363. The fourth-order valence-electron chi connectivity index (χ4n) is 2.87. The summed E-state index contributed by atoms with van der Waals surface area (Å²) in [6.45, 7) is 10.3. The molecule has 1 amide bonds. The molecular formula is C19H29ClN2O2. The Hall–Kier alpha value is -1.26. The van der Waals surface area contributed by atoms with E-state index in [0.29, 0.717) is 18.5 Å². The van der Waals surface area contributed by atoms with Crippen molar-refractivity contribution < 1.29 is 9.53 Å². The van der Waals surface area contributed by atoms with Crippen molar-refractivity contribution in [1.29, 1.82) is 0 Å². The second-order valence-corrected chi connectivity index (χ2v) is 8.69. The van der Waals surface area contributed by atoms with Gasteiger partial charge in [-0.25, -0.2) is 4.79 Å². The van der Waals surface area contributed by atoms with Gasteiger partial charge in [-0.1, -0.05) is 29.8 Å². The first-order valence-corrected chi connectivity index (χ1v) is 8.92. The van der Waals surface area contributed by atoms with E-state index >= 15 is 0 Å². The van der Waals surface area contributed by atoms with Crippen LogP contribution in [0.4, 0.5) is 4.79 Å². The highest BCUT2D eigenvalue weighted by molar-refractivity contribution is 6.31. The Morgan fingerprint density at radius 2 is 1.83 bits per heavy atom. The van der Waals surface area contributed by atoms with Gasteiger partial charge in [0.1, 0.15) is 5.60 Å². The molecule has 0 bridgehead atoms. The van der Waals surface area contributed by atoms with Crippen molar-refractivity contribution in [1.82, 2.24) is 10.6 Å². The van der Waals surface area contributed by atoms with Crippen LogP contribution in [0.15, 0.2) is 24.3 Å². The summed E-state index contributed by atoms with van der Waals surface area (Å²) in [5, 5.41) is 7.31. The number of carbonyl (C=O) groups is 1. The molecule has 0 aliphatic heterocycles. The van der Waals surface area contributed by atoms with Crippen molar-refractivity contribution >= 4 is 17.7 Å². The lowest BCUT2D eigenvalue weighted by Gasteiger charge is -2.39. The highest BCUT2D eigenvalue weighted by Crippen LogP contribution is 2.39. The molecule has 1 aliphatic rings. The molecule has 4 nitrogen and oxygen atoms in total. The van der Waals surface area contributed by atoms with Gasteiger partial charge in [-0.2, -0.15) is 0 Å². The molecule has 2 rings (SSSR count). The molecule has 0 spiro atoms. The summed E-state index contributed by atoms with van der Waals surface area (Å²) in [7, 11) is 0. The van der Waals surface area contributed by atoms with Crippen LogP contribution in [0.3, 0.4) is 0 Å². The Morgan fingerprint density at radius 3 is 2.42 bits per heavy atom. The third-order valence-electron chi connectivity index (χ3n) is 4.16. The lowest BCUT2D eigenvalue weighted by atomic mass is 9.75. The zero-order valence-electron chi connectivity index (χ0n) is 15.3. The van der Waals surface area contributed by atoms with E-state index in [1.165, 1.54) is 5.56 Å². The van der Waals surface area contributed by atoms with Crippen molar-refractivity contribution in [3.63, 3.8) is 0 Å². The van der Waals surface area contributed by atoms with E-state index in [0.717, 1.165) is 17.9 Å². The molecule has 0 unspecified atom stereocenters. The van der Waals surface area contributed by atoms with Gasteiger partial charge < -0.3 is 15.4 Å². The number of amides is 1. The molecular weight excluding hydrogens is 324 g/mol. The molecule has 1 aromatic rings. The van der Waals surface area contributed by atoms with Gasteiger partial charge in [0, 0.05) is 17.6 Å². The van der Waals surface area contributed by atoms with Gasteiger partial charge in [0.15, 0.2) is 0 Å². The molecule has 2 N–H and O–H groups in total. The van der Waals surface area contributed by atoms with Crippen molar-refractivity contribution in [2.24, 2.45) is 0 Å². The van der Waals surface area contributed by atoms with Crippen LogP contribution >= 0.6 is 11.6 Å². The molecule has 134 valence electrons. The molecule has 1 aromatic carbocycles. The lowest BCUT2D eigenvalue weighted by Crippen LogP contribution is -2.54. The van der Waals surface area contributed by atoms with Gasteiger partial charge in [-0.15, -0.1) is 0 Å². The molecule has 0 aromatic heterocycles. The summed E-state index contributed by atoms with van der Waals surface area (Å²) in [5.74, 6) is 0.526. The Morgan fingerprint density at radius 1 is 1.21 bits per heavy atom. The van der Waals surface area contributed by atoms with Gasteiger partial charge in [0.2, 0.25) is 0 Å². The molecule has 0 saturated heterocycles. The highest BCUT2D eigenvalue weighted by atomic mass is 35.5. The number of halogens is 1. The molecule has 0 heterocycles. The fraction of sp³-hybridized carbons (Fsp3) is 0.632. The topological polar surface area (TPSA) is 50.4 Å². The molecule has 0 atom stereocenters. The SMILES string of the molecule is CC(C)(CNC1CC(c2ccccc2Cl)C1)NC(=O)OC(C)(C)C. The third kappa shape index (κ3) is 5.67. The van der Waals surface area contributed by atoms with Gasteiger partial charge in [0.05, 0.1) is 5.54 Å². The number of rotatable bonds is 5. The van der Waals surface area contributed by atoms with Crippen LogP contribution in [-0.4, -0.2) is 29.8 Å². The van der Waals surface area contributed by atoms with E-state index in [4.69, 9.17) is 16.3 Å². The number of hydrogen-bond donors (Lipinski definition) is 2. The van der Waals surface area contributed by atoms with Gasteiger partial charge in [-0.3, -0.25) is 0 Å². The number of nitrogens with one attached hydrogen (secondary N) is 2. The number of ether oxygens (including phenoxy) is 1. The molecule has 1 saturated carbocycles. The third-order valence-corrected chi connectivity index (χ3v) is 4.50. The average Bonchev–Trinajstić information content (AvgIpc) is 2.35. The largest absolute Gasteiger partial charge is 0.444 e. The Balaban J connectivity index is 1.74. The van der Waals surface area contributed by atoms with Crippen LogP contribution in [0.1, 0.15) is 58.9 Å². The van der Waals surface area contributed by atoms with Gasteiger partial charge in [-0.05, 0) is 65.0 Å². The lowest BCUT2D eigenvalue weighted by molar-refractivity contribution is 0.0468. The second kappa shape index (κ2) is 7.32. The summed E-state index contributed by atoms with van der Waals surface area (Å²) in [6.07, 6.45) is 1.77. The predicted molar refractivity (Wildman–Crippen MR) is 98.7 cm³/mol. The van der Waals surface area contributed by atoms with Crippen LogP contribution in [0, 0.1) is 0 Å². The normalized spacial score (nSPS) is 21.1. The zero-order chi connectivity index (χ0) is 18.0. The summed E-state index contributed by atoms with van der Waals surface area (Å²) in [5.41, 5.74) is 0.394. The van der Waals surface area contributed by atoms with Crippen LogP contribution < -0.4 is 10.6 Å². The standard InChI is InChI=1S/C19H29ClN2O2/c1-18(2,3)24-17(23)22-19(4,5)12-21-14-10-13(11-14)15-8-6-7-9-16(15)20/h6-9,13-14,21H,10-12H2,1-5H3,(H,22,23). The molecule has 1 fully saturated rings. The molecule has 0 radical (unpaired) electrons. The summed E-state index contributed by atoms with van der Waals surface area (Å²) in [6, 6.07) is 8.52. The number of benzene rings is 1. The van der Waals surface area contributed by atoms with E-state index in [1.807, 2.05) is 52.8 Å². The van der Waals surface area contributed by atoms with Crippen molar-refractivity contribution in [2.45, 2.75) is 70.6 Å². The first-order chi connectivity index (χ1) is 11.1. The van der Waals surface area contributed by atoms with Gasteiger partial charge >= 0.3 is 6.09 Å². The van der Waals surface area contributed by atoms with E-state index in [9.17, 15) is 4.79 Å². The average molecular weight is 353 g/mol. The van der Waals surface area contributed by atoms with E-state index < -0.39 is 5.60 Å².